The predicted molar refractivity (Wildman–Crippen MR) is 81.2 cm³/mol. The van der Waals surface area contributed by atoms with Crippen molar-refractivity contribution in [3.05, 3.63) is 53.6 Å². The van der Waals surface area contributed by atoms with Crippen LogP contribution in [0.5, 0.6) is 17.2 Å². The fraction of sp³-hybridized carbons (Fsp3) is 0.294. The topological polar surface area (TPSA) is 47.9 Å². The molecule has 0 aliphatic carbocycles. The molecule has 2 aromatic carbocycles. The maximum absolute atomic E-state index is 10.5. The number of ether oxygens (including phenoxy) is 3. The quantitative estimate of drug-likeness (QED) is 0.887. The summed E-state index contributed by atoms with van der Waals surface area (Å²) in [5.74, 6) is 1.56. The Morgan fingerprint density at radius 1 is 0.857 bits per heavy atom. The maximum Gasteiger partial charge on any atom is 0.203 e. The highest BCUT2D eigenvalue weighted by molar-refractivity contribution is 5.56. The van der Waals surface area contributed by atoms with Crippen LogP contribution in [-0.4, -0.2) is 26.4 Å². The summed E-state index contributed by atoms with van der Waals surface area (Å²) in [7, 11) is 4.67. The average Bonchev–Trinajstić information content (AvgIpc) is 2.53. The molecule has 1 unspecified atom stereocenters. The first-order chi connectivity index (χ1) is 10.2. The molecular weight excluding hydrogens is 268 g/mol. The molecule has 0 heterocycles. The van der Waals surface area contributed by atoms with Crippen LogP contribution >= 0.6 is 0 Å². The maximum atomic E-state index is 10.5. The first-order valence-corrected chi connectivity index (χ1v) is 6.72. The molecule has 2 rings (SSSR count). The zero-order chi connectivity index (χ0) is 15.2. The van der Waals surface area contributed by atoms with E-state index >= 15 is 0 Å². The summed E-state index contributed by atoms with van der Waals surface area (Å²) >= 11 is 0. The van der Waals surface area contributed by atoms with Gasteiger partial charge in [0.2, 0.25) is 5.75 Å². The first-order valence-electron chi connectivity index (χ1n) is 6.72. The third-order valence-electron chi connectivity index (χ3n) is 3.37. The van der Waals surface area contributed by atoms with Crippen molar-refractivity contribution >= 4 is 0 Å². The van der Waals surface area contributed by atoms with Crippen LogP contribution in [0.3, 0.4) is 0 Å². The Hall–Kier alpha value is -2.20. The molecule has 0 amide bonds. The molecule has 0 aromatic heterocycles. The molecule has 2 aromatic rings. The van der Waals surface area contributed by atoms with Crippen LogP contribution in [0.1, 0.15) is 17.2 Å². The highest BCUT2D eigenvalue weighted by atomic mass is 16.5. The van der Waals surface area contributed by atoms with Gasteiger partial charge >= 0.3 is 0 Å². The molecule has 1 atom stereocenters. The van der Waals surface area contributed by atoms with Gasteiger partial charge in [0.25, 0.3) is 0 Å². The third-order valence-corrected chi connectivity index (χ3v) is 3.37. The van der Waals surface area contributed by atoms with Crippen molar-refractivity contribution < 1.29 is 19.3 Å². The summed E-state index contributed by atoms with van der Waals surface area (Å²) in [4.78, 5) is 0. The van der Waals surface area contributed by atoms with E-state index in [0.717, 1.165) is 5.56 Å². The highest BCUT2D eigenvalue weighted by Crippen LogP contribution is 2.42. The number of methoxy groups -OCH3 is 3. The number of hydrogen-bond acceptors (Lipinski definition) is 4. The lowest BCUT2D eigenvalue weighted by molar-refractivity contribution is 0.172. The Morgan fingerprint density at radius 3 is 2.10 bits per heavy atom. The first kappa shape index (κ1) is 15.2. The molecule has 0 saturated carbocycles. The molecule has 0 fully saturated rings. The van der Waals surface area contributed by atoms with Crippen molar-refractivity contribution in [2.75, 3.05) is 21.3 Å². The van der Waals surface area contributed by atoms with Crippen molar-refractivity contribution in [2.24, 2.45) is 0 Å². The smallest absolute Gasteiger partial charge is 0.203 e. The van der Waals surface area contributed by atoms with E-state index in [1.54, 1.807) is 33.5 Å². The van der Waals surface area contributed by atoms with E-state index in [-0.39, 0.29) is 0 Å². The number of aliphatic hydroxyl groups is 1. The fourth-order valence-corrected chi connectivity index (χ4v) is 2.33. The molecule has 4 nitrogen and oxygen atoms in total. The van der Waals surface area contributed by atoms with E-state index in [1.165, 1.54) is 0 Å². The van der Waals surface area contributed by atoms with Crippen LogP contribution in [0.4, 0.5) is 0 Å². The van der Waals surface area contributed by atoms with E-state index in [0.29, 0.717) is 29.2 Å². The van der Waals surface area contributed by atoms with E-state index in [9.17, 15) is 5.11 Å². The normalized spacial score (nSPS) is 11.8. The summed E-state index contributed by atoms with van der Waals surface area (Å²) in [5, 5.41) is 10.5. The predicted octanol–water partition coefficient (Wildman–Crippen LogP) is 2.99. The largest absolute Gasteiger partial charge is 0.493 e. The van der Waals surface area contributed by atoms with E-state index in [1.807, 2.05) is 30.3 Å². The second-order valence-corrected chi connectivity index (χ2v) is 4.63. The van der Waals surface area contributed by atoms with Crippen molar-refractivity contribution in [2.45, 2.75) is 12.5 Å². The Kier molecular flexibility index (Phi) is 5.06. The Labute approximate surface area is 124 Å². The molecule has 0 bridgehead atoms. The van der Waals surface area contributed by atoms with Crippen molar-refractivity contribution in [3.63, 3.8) is 0 Å². The molecule has 0 aliphatic heterocycles. The Bertz CT molecular complexity index is 581. The van der Waals surface area contributed by atoms with Gasteiger partial charge in [0.1, 0.15) is 0 Å². The molecule has 1 N–H and O–H groups in total. The van der Waals surface area contributed by atoms with E-state index in [4.69, 9.17) is 14.2 Å². The monoisotopic (exact) mass is 288 g/mol. The molecule has 4 heteroatoms. The molecule has 112 valence electrons. The SMILES string of the molecule is COc1ccc(C(O)Cc2ccccc2)c(OC)c1OC. The minimum absolute atomic E-state index is 0.490. The van der Waals surface area contributed by atoms with Gasteiger partial charge in [0.15, 0.2) is 11.5 Å². The number of aliphatic hydroxyl groups excluding tert-OH is 1. The third kappa shape index (κ3) is 3.28. The van der Waals surface area contributed by atoms with Gasteiger partial charge < -0.3 is 19.3 Å². The summed E-state index contributed by atoms with van der Waals surface area (Å²) in [6.45, 7) is 0. The molecule has 0 radical (unpaired) electrons. The van der Waals surface area contributed by atoms with E-state index < -0.39 is 6.10 Å². The van der Waals surface area contributed by atoms with Gasteiger partial charge in [-0.05, 0) is 17.7 Å². The molecule has 0 spiro atoms. The van der Waals surface area contributed by atoms with Gasteiger partial charge in [-0.3, -0.25) is 0 Å². The van der Waals surface area contributed by atoms with Crippen LogP contribution in [0.2, 0.25) is 0 Å². The Morgan fingerprint density at radius 2 is 1.52 bits per heavy atom. The molecule has 0 saturated heterocycles. The molecule has 0 aliphatic rings. The second kappa shape index (κ2) is 6.99. The van der Waals surface area contributed by atoms with Crippen LogP contribution in [-0.2, 0) is 6.42 Å². The van der Waals surface area contributed by atoms with Gasteiger partial charge in [0, 0.05) is 12.0 Å². The van der Waals surface area contributed by atoms with Crippen LogP contribution < -0.4 is 14.2 Å². The number of hydrogen-bond donors (Lipinski definition) is 1. The lowest BCUT2D eigenvalue weighted by Gasteiger charge is -2.19. The minimum Gasteiger partial charge on any atom is -0.493 e. The number of benzene rings is 2. The zero-order valence-corrected chi connectivity index (χ0v) is 12.5. The van der Waals surface area contributed by atoms with E-state index in [2.05, 4.69) is 0 Å². The van der Waals surface area contributed by atoms with Gasteiger partial charge in [0.05, 0.1) is 27.4 Å². The summed E-state index contributed by atoms with van der Waals surface area (Å²) in [6.07, 6.45) is -0.172. The van der Waals surface area contributed by atoms with Crippen LogP contribution in [0.15, 0.2) is 42.5 Å². The second-order valence-electron chi connectivity index (χ2n) is 4.63. The fourth-order valence-electron chi connectivity index (χ4n) is 2.33. The zero-order valence-electron chi connectivity index (χ0n) is 12.5. The summed E-state index contributed by atoms with van der Waals surface area (Å²) in [5.41, 5.74) is 1.74. The van der Waals surface area contributed by atoms with Gasteiger partial charge in [-0.15, -0.1) is 0 Å². The summed E-state index contributed by atoms with van der Waals surface area (Å²) in [6, 6.07) is 13.4. The number of rotatable bonds is 6. The lowest BCUT2D eigenvalue weighted by atomic mass is 10.00. The van der Waals surface area contributed by atoms with Gasteiger partial charge in [-0.1, -0.05) is 30.3 Å². The van der Waals surface area contributed by atoms with Crippen molar-refractivity contribution in [3.8, 4) is 17.2 Å². The average molecular weight is 288 g/mol. The van der Waals surface area contributed by atoms with Gasteiger partial charge in [-0.25, -0.2) is 0 Å². The lowest BCUT2D eigenvalue weighted by Crippen LogP contribution is -2.06. The summed E-state index contributed by atoms with van der Waals surface area (Å²) < 4.78 is 16.0. The van der Waals surface area contributed by atoms with Crippen molar-refractivity contribution in [1.82, 2.24) is 0 Å². The van der Waals surface area contributed by atoms with Crippen molar-refractivity contribution in [1.29, 1.82) is 0 Å². The highest BCUT2D eigenvalue weighted by Gasteiger charge is 2.21. The van der Waals surface area contributed by atoms with Crippen LogP contribution in [0, 0.1) is 0 Å². The Balaban J connectivity index is 2.34. The minimum atomic E-state index is -0.679. The molecule has 21 heavy (non-hydrogen) atoms. The molecular formula is C17H20O4. The standard InChI is InChI=1S/C17H20O4/c1-19-15-10-9-13(16(20-2)17(15)21-3)14(18)11-12-7-5-4-6-8-12/h4-10,14,18H,11H2,1-3H3. The van der Waals surface area contributed by atoms with Gasteiger partial charge in [-0.2, -0.15) is 0 Å². The van der Waals surface area contributed by atoms with Crippen LogP contribution in [0.25, 0.3) is 0 Å².